The summed E-state index contributed by atoms with van der Waals surface area (Å²) >= 11 is 0. The molecule has 6 heteroatoms. The molecule has 2 aromatic rings. The summed E-state index contributed by atoms with van der Waals surface area (Å²) in [5.74, 6) is 0.464. The second-order valence-electron chi connectivity index (χ2n) is 13.5. The monoisotopic (exact) mass is 589 g/mol. The Labute approximate surface area is 261 Å². The number of hydrogen-bond donors (Lipinski definition) is 2. The molecular formula is C37H57N4O2+. The standard InChI is InChI=1S/C37H56N4O2/c1-6-7-24-41(26-20-32(21-27-41)36(42)38-34-28(2)15-13-16-29(34)3)25-12-8-10-22-40-23-11-9-19-33(40)37(43)39-35-30(4)17-14-18-31(35)5/h13-18,32-33H,6-12,19-27H2,1-5H3,(H-,38,39,42,43)/p+1. The van der Waals surface area contributed by atoms with Crippen LogP contribution in [0.15, 0.2) is 36.4 Å². The number of para-hydroxylation sites is 2. The lowest BCUT2D eigenvalue weighted by Gasteiger charge is -2.44. The molecule has 6 nitrogen and oxygen atoms in total. The summed E-state index contributed by atoms with van der Waals surface area (Å²) in [5, 5.41) is 6.53. The summed E-state index contributed by atoms with van der Waals surface area (Å²) in [5.41, 5.74) is 6.49. The van der Waals surface area contributed by atoms with Crippen molar-refractivity contribution in [1.29, 1.82) is 0 Å². The van der Waals surface area contributed by atoms with Gasteiger partial charge in [-0.2, -0.15) is 0 Å². The van der Waals surface area contributed by atoms with Crippen molar-refractivity contribution in [3.63, 3.8) is 0 Å². The molecule has 2 saturated heterocycles. The maximum Gasteiger partial charge on any atom is 0.241 e. The van der Waals surface area contributed by atoms with Crippen molar-refractivity contribution < 1.29 is 14.1 Å². The number of piperidine rings is 2. The van der Waals surface area contributed by atoms with Crippen LogP contribution in [-0.4, -0.2) is 66.5 Å². The Morgan fingerprint density at radius 1 is 0.744 bits per heavy atom. The minimum Gasteiger partial charge on any atom is -0.325 e. The highest BCUT2D eigenvalue weighted by Crippen LogP contribution is 2.29. The van der Waals surface area contributed by atoms with Gasteiger partial charge in [0.05, 0.1) is 32.2 Å². The van der Waals surface area contributed by atoms with Crippen LogP contribution < -0.4 is 10.6 Å². The van der Waals surface area contributed by atoms with E-state index in [0.29, 0.717) is 0 Å². The van der Waals surface area contributed by atoms with E-state index in [9.17, 15) is 9.59 Å². The Morgan fingerprint density at radius 3 is 1.88 bits per heavy atom. The highest BCUT2D eigenvalue weighted by atomic mass is 16.2. The van der Waals surface area contributed by atoms with E-state index in [2.05, 4.69) is 80.5 Å². The Kier molecular flexibility index (Phi) is 12.2. The van der Waals surface area contributed by atoms with Crippen molar-refractivity contribution in [2.45, 2.75) is 105 Å². The van der Waals surface area contributed by atoms with Gasteiger partial charge in [0.25, 0.3) is 0 Å². The third-order valence-corrected chi connectivity index (χ3v) is 10.2. The third kappa shape index (κ3) is 8.92. The quantitative estimate of drug-likeness (QED) is 0.187. The van der Waals surface area contributed by atoms with Gasteiger partial charge in [-0.25, -0.2) is 0 Å². The van der Waals surface area contributed by atoms with Crippen molar-refractivity contribution >= 4 is 23.2 Å². The predicted octanol–water partition coefficient (Wildman–Crippen LogP) is 7.55. The molecule has 2 aromatic carbocycles. The fraction of sp³-hybridized carbons (Fsp3) is 0.622. The molecule has 2 fully saturated rings. The second kappa shape index (κ2) is 15.9. The number of amides is 2. The topological polar surface area (TPSA) is 61.4 Å². The Balaban J connectivity index is 1.24. The first kappa shape index (κ1) is 33.2. The van der Waals surface area contributed by atoms with E-state index in [4.69, 9.17) is 0 Å². The van der Waals surface area contributed by atoms with Gasteiger partial charge >= 0.3 is 0 Å². The van der Waals surface area contributed by atoms with E-state index >= 15 is 0 Å². The van der Waals surface area contributed by atoms with Crippen molar-refractivity contribution in [3.8, 4) is 0 Å². The van der Waals surface area contributed by atoms with Gasteiger partial charge in [-0.3, -0.25) is 14.5 Å². The van der Waals surface area contributed by atoms with E-state index < -0.39 is 0 Å². The molecule has 2 aliphatic rings. The van der Waals surface area contributed by atoms with E-state index in [1.165, 1.54) is 49.7 Å². The summed E-state index contributed by atoms with van der Waals surface area (Å²) in [7, 11) is 0. The highest BCUT2D eigenvalue weighted by Gasteiger charge is 2.36. The van der Waals surface area contributed by atoms with Crippen LogP contribution in [0.25, 0.3) is 0 Å². The minimum absolute atomic E-state index is 0.0238. The first-order valence-corrected chi connectivity index (χ1v) is 17.1. The molecule has 236 valence electrons. The van der Waals surface area contributed by atoms with Gasteiger partial charge in [-0.15, -0.1) is 0 Å². The molecule has 2 N–H and O–H groups in total. The average molecular weight is 590 g/mol. The summed E-state index contributed by atoms with van der Waals surface area (Å²) in [6.45, 7) is 17.2. The summed E-state index contributed by atoms with van der Waals surface area (Å²) in [6, 6.07) is 12.4. The molecule has 0 aromatic heterocycles. The van der Waals surface area contributed by atoms with Gasteiger partial charge in [0.1, 0.15) is 0 Å². The Bertz CT molecular complexity index is 1180. The number of quaternary nitrogens is 1. The Hall–Kier alpha value is -2.70. The van der Waals surface area contributed by atoms with Gasteiger partial charge in [-0.1, -0.05) is 56.2 Å². The molecular weight excluding hydrogens is 532 g/mol. The SMILES string of the molecule is CCCC[N+]1(CCCCCN2CCCCC2C(=O)Nc2c(C)cccc2C)CCC(C(=O)Nc2c(C)cccc2C)CC1. The van der Waals surface area contributed by atoms with Crippen LogP contribution in [-0.2, 0) is 9.59 Å². The lowest BCUT2D eigenvalue weighted by atomic mass is 9.92. The predicted molar refractivity (Wildman–Crippen MR) is 180 cm³/mol. The first-order valence-electron chi connectivity index (χ1n) is 17.1. The molecule has 2 amide bonds. The van der Waals surface area contributed by atoms with Crippen molar-refractivity contribution in [3.05, 3.63) is 58.7 Å². The zero-order chi connectivity index (χ0) is 30.8. The lowest BCUT2D eigenvalue weighted by molar-refractivity contribution is -0.933. The third-order valence-electron chi connectivity index (χ3n) is 10.2. The van der Waals surface area contributed by atoms with Crippen molar-refractivity contribution in [2.75, 3.05) is 49.9 Å². The zero-order valence-corrected chi connectivity index (χ0v) is 27.6. The van der Waals surface area contributed by atoms with Gasteiger partial charge in [0.2, 0.25) is 11.8 Å². The number of likely N-dealkylation sites (tertiary alicyclic amines) is 2. The molecule has 43 heavy (non-hydrogen) atoms. The molecule has 1 unspecified atom stereocenters. The number of anilines is 2. The number of aryl methyl sites for hydroxylation is 4. The molecule has 0 radical (unpaired) electrons. The van der Waals surface area contributed by atoms with Gasteiger partial charge in [0.15, 0.2) is 0 Å². The summed E-state index contributed by atoms with van der Waals surface area (Å²) in [6.07, 6.45) is 11.2. The lowest BCUT2D eigenvalue weighted by Crippen LogP contribution is -2.55. The number of carbonyl (C=O) groups excluding carboxylic acids is 2. The molecule has 0 aliphatic carbocycles. The Morgan fingerprint density at radius 2 is 1.30 bits per heavy atom. The maximum atomic E-state index is 13.3. The van der Waals surface area contributed by atoms with Gasteiger partial charge < -0.3 is 15.1 Å². The smallest absolute Gasteiger partial charge is 0.241 e. The van der Waals surface area contributed by atoms with Crippen LogP contribution in [0.2, 0.25) is 0 Å². The zero-order valence-electron chi connectivity index (χ0n) is 27.6. The van der Waals surface area contributed by atoms with Crippen LogP contribution in [0, 0.1) is 33.6 Å². The fourth-order valence-electron chi connectivity index (χ4n) is 7.38. The number of nitrogens with zero attached hydrogens (tertiary/aromatic N) is 2. The van der Waals surface area contributed by atoms with E-state index in [1.54, 1.807) is 0 Å². The highest BCUT2D eigenvalue weighted by molar-refractivity contribution is 5.96. The fourth-order valence-corrected chi connectivity index (χ4v) is 7.38. The molecule has 0 saturated carbocycles. The minimum atomic E-state index is -0.0238. The first-order chi connectivity index (χ1) is 20.7. The number of rotatable bonds is 13. The van der Waals surface area contributed by atoms with E-state index in [1.807, 2.05) is 6.07 Å². The van der Waals surface area contributed by atoms with Crippen LogP contribution in [0.3, 0.4) is 0 Å². The molecule has 1 atom stereocenters. The van der Waals surface area contributed by atoms with E-state index in [-0.39, 0.29) is 23.8 Å². The van der Waals surface area contributed by atoms with Crippen LogP contribution >= 0.6 is 0 Å². The maximum absolute atomic E-state index is 13.3. The van der Waals surface area contributed by atoms with E-state index in [0.717, 1.165) is 91.9 Å². The second-order valence-corrected chi connectivity index (χ2v) is 13.5. The number of hydrogen-bond acceptors (Lipinski definition) is 3. The summed E-state index contributed by atoms with van der Waals surface area (Å²) < 4.78 is 1.17. The molecule has 2 aliphatic heterocycles. The van der Waals surface area contributed by atoms with Gasteiger partial charge in [0, 0.05) is 30.1 Å². The van der Waals surface area contributed by atoms with Crippen LogP contribution in [0.5, 0.6) is 0 Å². The van der Waals surface area contributed by atoms with Crippen LogP contribution in [0.4, 0.5) is 11.4 Å². The van der Waals surface area contributed by atoms with Gasteiger partial charge in [-0.05, 0) is 102 Å². The molecule has 0 spiro atoms. The van der Waals surface area contributed by atoms with Crippen molar-refractivity contribution in [1.82, 2.24) is 4.90 Å². The van der Waals surface area contributed by atoms with Crippen molar-refractivity contribution in [2.24, 2.45) is 5.92 Å². The average Bonchev–Trinajstić information content (AvgIpc) is 3.00. The molecule has 4 rings (SSSR count). The molecule has 0 bridgehead atoms. The molecule has 2 heterocycles. The number of carbonyl (C=O) groups is 2. The summed E-state index contributed by atoms with van der Waals surface area (Å²) in [4.78, 5) is 29.0. The number of nitrogens with one attached hydrogen (secondary N) is 2. The normalized spacial score (nSPS) is 22.7. The number of benzene rings is 2. The largest absolute Gasteiger partial charge is 0.325 e. The van der Waals surface area contributed by atoms with Crippen LogP contribution in [0.1, 0.15) is 93.4 Å². The number of unbranched alkanes of at least 4 members (excludes halogenated alkanes) is 3.